The van der Waals surface area contributed by atoms with Gasteiger partial charge in [0.05, 0.1) is 0 Å². The fraction of sp³-hybridized carbons (Fsp3) is 0.852. The lowest BCUT2D eigenvalue weighted by atomic mass is 9.50. The summed E-state index contributed by atoms with van der Waals surface area (Å²) in [5.74, 6) is 2.49. The molecular formula is C27H44O3. The third kappa shape index (κ3) is 4.41. The number of ketones is 1. The van der Waals surface area contributed by atoms with Crippen LogP contribution in [0.15, 0.2) is 12.2 Å². The van der Waals surface area contributed by atoms with Gasteiger partial charge in [0.15, 0.2) is 5.78 Å². The van der Waals surface area contributed by atoms with Gasteiger partial charge in [-0.2, -0.15) is 0 Å². The molecule has 3 aliphatic rings. The quantitative estimate of drug-likeness (QED) is 0.468. The lowest BCUT2D eigenvalue weighted by Gasteiger charge is -2.54. The van der Waals surface area contributed by atoms with Crippen molar-refractivity contribution in [2.75, 3.05) is 0 Å². The summed E-state index contributed by atoms with van der Waals surface area (Å²) in [4.78, 5) is 24.8. The van der Waals surface area contributed by atoms with Crippen LogP contribution in [0.2, 0.25) is 0 Å². The van der Waals surface area contributed by atoms with Crippen molar-refractivity contribution in [2.24, 2.45) is 46.3 Å². The molecule has 0 aromatic rings. The predicted octanol–water partition coefficient (Wildman–Crippen LogP) is 6.91. The molecule has 3 heteroatoms. The third-order valence-corrected chi connectivity index (χ3v) is 9.53. The first-order valence-corrected chi connectivity index (χ1v) is 12.5. The molecule has 2 fully saturated rings. The fourth-order valence-corrected chi connectivity index (χ4v) is 7.84. The van der Waals surface area contributed by atoms with Gasteiger partial charge in [0.25, 0.3) is 0 Å². The Labute approximate surface area is 184 Å². The fourth-order valence-electron chi connectivity index (χ4n) is 7.84. The lowest BCUT2D eigenvalue weighted by molar-refractivity contribution is -0.146. The number of fused-ring (bicyclic) bond motifs is 1. The summed E-state index contributed by atoms with van der Waals surface area (Å²) >= 11 is 0. The maximum absolute atomic E-state index is 12.9. The number of rotatable bonds is 8. The summed E-state index contributed by atoms with van der Waals surface area (Å²) in [7, 11) is 0. The third-order valence-electron chi connectivity index (χ3n) is 9.53. The van der Waals surface area contributed by atoms with E-state index >= 15 is 0 Å². The van der Waals surface area contributed by atoms with Crippen LogP contribution in [0.1, 0.15) is 98.8 Å². The van der Waals surface area contributed by atoms with Crippen molar-refractivity contribution < 1.29 is 14.7 Å². The number of hydrogen-bond donors (Lipinski definition) is 1. The first kappa shape index (κ1) is 23.5. The average Bonchev–Trinajstić information content (AvgIpc) is 3.01. The van der Waals surface area contributed by atoms with Gasteiger partial charge in [-0.1, -0.05) is 60.0 Å². The van der Waals surface area contributed by atoms with E-state index in [2.05, 4.69) is 34.6 Å². The zero-order valence-corrected chi connectivity index (χ0v) is 20.0. The average molecular weight is 417 g/mol. The van der Waals surface area contributed by atoms with Crippen LogP contribution in [0.3, 0.4) is 0 Å². The van der Waals surface area contributed by atoms with E-state index in [1.54, 1.807) is 6.08 Å². The van der Waals surface area contributed by atoms with Crippen molar-refractivity contribution in [1.82, 2.24) is 0 Å². The van der Waals surface area contributed by atoms with Crippen LogP contribution < -0.4 is 0 Å². The zero-order chi connectivity index (χ0) is 22.1. The van der Waals surface area contributed by atoms with E-state index < -0.39 is 5.97 Å². The molecule has 7 atom stereocenters. The first-order valence-electron chi connectivity index (χ1n) is 12.5. The van der Waals surface area contributed by atoms with Crippen LogP contribution in [-0.2, 0) is 9.59 Å². The first-order chi connectivity index (χ1) is 14.1. The molecule has 0 heterocycles. The summed E-state index contributed by atoms with van der Waals surface area (Å²) in [6.07, 6.45) is 14.2. The zero-order valence-electron chi connectivity index (χ0n) is 20.0. The SMILES string of the molecule is CC(C)CCC[C@@H](C)[C@H]1CCC2[C@H](CC(=O)O)C([C@@]3(C)CCC=CC3=O)CC[C@@]21C. The van der Waals surface area contributed by atoms with Crippen LogP contribution >= 0.6 is 0 Å². The van der Waals surface area contributed by atoms with Gasteiger partial charge < -0.3 is 5.11 Å². The number of aliphatic carboxylic acids is 1. The van der Waals surface area contributed by atoms with Gasteiger partial charge in [0.2, 0.25) is 0 Å². The van der Waals surface area contributed by atoms with Gasteiger partial charge in [0, 0.05) is 11.8 Å². The summed E-state index contributed by atoms with van der Waals surface area (Å²) in [6, 6.07) is 0. The van der Waals surface area contributed by atoms with E-state index in [9.17, 15) is 14.7 Å². The second-order valence-corrected chi connectivity index (χ2v) is 11.7. The van der Waals surface area contributed by atoms with Crippen LogP contribution in [0, 0.1) is 46.3 Å². The summed E-state index contributed by atoms with van der Waals surface area (Å²) in [5, 5.41) is 9.78. The predicted molar refractivity (Wildman–Crippen MR) is 122 cm³/mol. The summed E-state index contributed by atoms with van der Waals surface area (Å²) < 4.78 is 0. The molecule has 0 aliphatic heterocycles. The molecule has 0 aromatic carbocycles. The topological polar surface area (TPSA) is 54.4 Å². The van der Waals surface area contributed by atoms with Crippen LogP contribution in [-0.4, -0.2) is 16.9 Å². The number of carbonyl (C=O) groups excluding carboxylic acids is 1. The number of allylic oxidation sites excluding steroid dienone is 2. The van der Waals surface area contributed by atoms with E-state index in [4.69, 9.17) is 0 Å². The highest BCUT2D eigenvalue weighted by Gasteiger charge is 2.58. The van der Waals surface area contributed by atoms with Gasteiger partial charge in [-0.3, -0.25) is 9.59 Å². The number of carbonyl (C=O) groups is 2. The Morgan fingerprint density at radius 1 is 1.10 bits per heavy atom. The van der Waals surface area contributed by atoms with Crippen molar-refractivity contribution in [1.29, 1.82) is 0 Å². The molecule has 2 saturated carbocycles. The second-order valence-electron chi connectivity index (χ2n) is 11.7. The molecule has 0 radical (unpaired) electrons. The van der Waals surface area contributed by atoms with Crippen molar-refractivity contribution >= 4 is 11.8 Å². The molecular weight excluding hydrogens is 372 g/mol. The molecule has 0 spiro atoms. The molecule has 3 nitrogen and oxygen atoms in total. The van der Waals surface area contributed by atoms with E-state index in [-0.39, 0.29) is 34.9 Å². The van der Waals surface area contributed by atoms with Crippen LogP contribution in [0.4, 0.5) is 0 Å². The largest absolute Gasteiger partial charge is 0.481 e. The van der Waals surface area contributed by atoms with E-state index in [1.807, 2.05) is 6.08 Å². The minimum absolute atomic E-state index is 0.134. The summed E-state index contributed by atoms with van der Waals surface area (Å²) in [6.45, 7) is 11.6. The Bertz CT molecular complexity index is 665. The normalized spacial score (nSPS) is 39.9. The monoisotopic (exact) mass is 416 g/mol. The van der Waals surface area contributed by atoms with Crippen molar-refractivity contribution in [2.45, 2.75) is 98.8 Å². The minimum atomic E-state index is -0.690. The van der Waals surface area contributed by atoms with Gasteiger partial charge in [0.1, 0.15) is 0 Å². The molecule has 3 aliphatic carbocycles. The smallest absolute Gasteiger partial charge is 0.303 e. The molecule has 170 valence electrons. The van der Waals surface area contributed by atoms with E-state index in [1.165, 1.54) is 25.7 Å². The maximum atomic E-state index is 12.9. The highest BCUT2D eigenvalue weighted by atomic mass is 16.4. The van der Waals surface area contributed by atoms with Crippen molar-refractivity contribution in [3.8, 4) is 0 Å². The van der Waals surface area contributed by atoms with Gasteiger partial charge in [-0.25, -0.2) is 0 Å². The summed E-state index contributed by atoms with van der Waals surface area (Å²) in [5.41, 5.74) is -0.144. The number of carboxylic acid groups (broad SMARTS) is 1. The Morgan fingerprint density at radius 3 is 2.47 bits per heavy atom. The number of carboxylic acids is 1. The minimum Gasteiger partial charge on any atom is -0.481 e. The highest BCUT2D eigenvalue weighted by Crippen LogP contribution is 2.64. The van der Waals surface area contributed by atoms with Crippen LogP contribution in [0.25, 0.3) is 0 Å². The molecule has 2 unspecified atom stereocenters. The molecule has 1 N–H and O–H groups in total. The van der Waals surface area contributed by atoms with E-state index in [0.29, 0.717) is 17.8 Å². The van der Waals surface area contributed by atoms with Gasteiger partial charge in [-0.05, 0) is 85.5 Å². The Hall–Kier alpha value is -1.12. The van der Waals surface area contributed by atoms with Crippen molar-refractivity contribution in [3.63, 3.8) is 0 Å². The highest BCUT2D eigenvalue weighted by molar-refractivity contribution is 5.95. The van der Waals surface area contributed by atoms with Crippen molar-refractivity contribution in [3.05, 3.63) is 12.2 Å². The molecule has 30 heavy (non-hydrogen) atoms. The Balaban J connectivity index is 1.81. The number of hydrogen-bond acceptors (Lipinski definition) is 2. The second kappa shape index (κ2) is 9.17. The molecule has 0 aromatic heterocycles. The Kier molecular flexibility index (Phi) is 7.19. The van der Waals surface area contributed by atoms with Gasteiger partial charge in [-0.15, -0.1) is 0 Å². The molecule has 0 saturated heterocycles. The molecule has 3 rings (SSSR count). The molecule has 0 bridgehead atoms. The standard InChI is InChI=1S/C27H44O3/c1-18(2)9-8-10-19(3)21-12-13-22-20(17-25(29)30)23(14-16-26(21,22)4)27(5)15-7-6-11-24(27)28/h6,11,18-23H,7-10,12-17H2,1-5H3,(H,29,30)/t19-,20+,21-,22?,23?,26-,27-/m1/s1. The van der Waals surface area contributed by atoms with Gasteiger partial charge >= 0.3 is 5.97 Å². The Morgan fingerprint density at radius 2 is 1.83 bits per heavy atom. The lowest BCUT2D eigenvalue weighted by Crippen LogP contribution is -2.50. The van der Waals surface area contributed by atoms with Crippen LogP contribution in [0.5, 0.6) is 0 Å². The molecule has 0 amide bonds. The van der Waals surface area contributed by atoms with E-state index in [0.717, 1.165) is 38.0 Å². The maximum Gasteiger partial charge on any atom is 0.303 e.